The fourth-order valence-electron chi connectivity index (χ4n) is 1.99. The molecule has 0 spiro atoms. The molecular formula is C14H12N2O3. The molecule has 19 heavy (non-hydrogen) atoms. The topological polar surface area (TPSA) is 68.1 Å². The molecule has 1 aromatic carbocycles. The van der Waals surface area contributed by atoms with Gasteiger partial charge in [0.25, 0.3) is 5.56 Å². The van der Waals surface area contributed by atoms with Crippen molar-refractivity contribution in [3.63, 3.8) is 0 Å². The minimum atomic E-state index is -0.206. The molecule has 0 saturated carbocycles. The molecule has 1 N–H and O–H groups in total. The molecule has 5 heteroatoms. The van der Waals surface area contributed by atoms with Crippen molar-refractivity contribution in [2.75, 3.05) is 6.61 Å². The number of aromatic nitrogens is 2. The molecule has 2 heterocycles. The van der Waals surface area contributed by atoms with Crippen molar-refractivity contribution in [1.29, 1.82) is 0 Å². The Morgan fingerprint density at radius 2 is 2.11 bits per heavy atom. The summed E-state index contributed by atoms with van der Waals surface area (Å²) < 4.78 is 10.7. The molecule has 0 atom stereocenters. The number of hydrogen-bond acceptors (Lipinski definition) is 4. The van der Waals surface area contributed by atoms with Crippen LogP contribution in [-0.2, 0) is 0 Å². The average Bonchev–Trinajstić information content (AvgIpc) is 2.85. The van der Waals surface area contributed by atoms with Gasteiger partial charge in [-0.2, -0.15) is 0 Å². The highest BCUT2D eigenvalue weighted by Gasteiger charge is 2.12. The third kappa shape index (κ3) is 1.99. The SMILES string of the molecule is CCOc1ccc(-c2coc3nc[nH]c(=O)c23)cc1. The normalized spacial score (nSPS) is 10.8. The van der Waals surface area contributed by atoms with Gasteiger partial charge in [-0.15, -0.1) is 0 Å². The monoisotopic (exact) mass is 256 g/mol. The Bertz CT molecular complexity index is 756. The van der Waals surface area contributed by atoms with Gasteiger partial charge >= 0.3 is 0 Å². The Hall–Kier alpha value is -2.56. The lowest BCUT2D eigenvalue weighted by Crippen LogP contribution is -2.05. The van der Waals surface area contributed by atoms with E-state index in [9.17, 15) is 4.79 Å². The van der Waals surface area contributed by atoms with E-state index in [2.05, 4.69) is 9.97 Å². The van der Waals surface area contributed by atoms with Crippen LogP contribution in [0.3, 0.4) is 0 Å². The maximum absolute atomic E-state index is 11.8. The molecular weight excluding hydrogens is 244 g/mol. The van der Waals surface area contributed by atoms with Gasteiger partial charge in [0.2, 0.25) is 5.71 Å². The molecule has 0 saturated heterocycles. The number of rotatable bonds is 3. The molecule has 0 radical (unpaired) electrons. The molecule has 0 aliphatic heterocycles. The predicted molar refractivity (Wildman–Crippen MR) is 71.2 cm³/mol. The maximum atomic E-state index is 11.8. The summed E-state index contributed by atoms with van der Waals surface area (Å²) in [6.45, 7) is 2.56. The van der Waals surface area contributed by atoms with Crippen LogP contribution >= 0.6 is 0 Å². The molecule has 3 aromatic rings. The summed E-state index contributed by atoms with van der Waals surface area (Å²) in [6.07, 6.45) is 2.87. The van der Waals surface area contributed by atoms with E-state index in [1.54, 1.807) is 6.26 Å². The van der Waals surface area contributed by atoms with Crippen LogP contribution in [0.1, 0.15) is 6.92 Å². The van der Waals surface area contributed by atoms with E-state index in [0.717, 1.165) is 16.9 Å². The first-order chi connectivity index (χ1) is 9.29. The van der Waals surface area contributed by atoms with Crippen molar-refractivity contribution < 1.29 is 9.15 Å². The van der Waals surface area contributed by atoms with Crippen LogP contribution in [0, 0.1) is 0 Å². The van der Waals surface area contributed by atoms with Crippen LogP contribution in [0.4, 0.5) is 0 Å². The second-order valence-electron chi connectivity index (χ2n) is 4.02. The van der Waals surface area contributed by atoms with Gasteiger partial charge in [-0.3, -0.25) is 4.79 Å². The van der Waals surface area contributed by atoms with Crippen molar-refractivity contribution in [2.45, 2.75) is 6.92 Å². The van der Waals surface area contributed by atoms with Crippen molar-refractivity contribution in [2.24, 2.45) is 0 Å². The van der Waals surface area contributed by atoms with E-state index in [-0.39, 0.29) is 5.56 Å². The van der Waals surface area contributed by atoms with Crippen molar-refractivity contribution >= 4 is 11.1 Å². The summed E-state index contributed by atoms with van der Waals surface area (Å²) in [6, 6.07) is 7.51. The van der Waals surface area contributed by atoms with Gasteiger partial charge in [-0.05, 0) is 24.6 Å². The van der Waals surface area contributed by atoms with Crippen LogP contribution < -0.4 is 10.3 Å². The fourth-order valence-corrected chi connectivity index (χ4v) is 1.99. The zero-order valence-electron chi connectivity index (χ0n) is 10.3. The van der Waals surface area contributed by atoms with Crippen LogP contribution in [0.15, 0.2) is 46.1 Å². The summed E-state index contributed by atoms with van der Waals surface area (Å²) in [7, 11) is 0. The number of furan rings is 1. The van der Waals surface area contributed by atoms with E-state index in [0.29, 0.717) is 17.7 Å². The number of nitrogens with one attached hydrogen (secondary N) is 1. The Kier molecular flexibility index (Phi) is 2.79. The number of hydrogen-bond donors (Lipinski definition) is 1. The van der Waals surface area contributed by atoms with Crippen LogP contribution in [0.2, 0.25) is 0 Å². The first-order valence-electron chi connectivity index (χ1n) is 5.97. The molecule has 96 valence electrons. The lowest BCUT2D eigenvalue weighted by molar-refractivity contribution is 0.340. The summed E-state index contributed by atoms with van der Waals surface area (Å²) >= 11 is 0. The van der Waals surface area contributed by atoms with E-state index >= 15 is 0 Å². The zero-order chi connectivity index (χ0) is 13.2. The standard InChI is InChI=1S/C14H12N2O3/c1-2-18-10-5-3-9(4-6-10)11-7-19-14-12(11)13(17)15-8-16-14/h3-8H,2H2,1H3,(H,15,16,17). The van der Waals surface area contributed by atoms with E-state index in [1.807, 2.05) is 31.2 Å². The third-order valence-corrected chi connectivity index (χ3v) is 2.85. The van der Waals surface area contributed by atoms with Crippen LogP contribution in [0.25, 0.3) is 22.2 Å². The number of ether oxygens (including phenoxy) is 1. The second-order valence-corrected chi connectivity index (χ2v) is 4.02. The molecule has 0 aliphatic carbocycles. The lowest BCUT2D eigenvalue weighted by atomic mass is 10.1. The lowest BCUT2D eigenvalue weighted by Gasteiger charge is -2.03. The quantitative estimate of drug-likeness (QED) is 0.782. The number of H-pyrrole nitrogens is 1. The first-order valence-corrected chi connectivity index (χ1v) is 5.97. The second kappa shape index (κ2) is 4.61. The maximum Gasteiger partial charge on any atom is 0.262 e. The van der Waals surface area contributed by atoms with Gasteiger partial charge in [0.15, 0.2) is 0 Å². The fraction of sp³-hybridized carbons (Fsp3) is 0.143. The average molecular weight is 256 g/mol. The minimum absolute atomic E-state index is 0.206. The highest BCUT2D eigenvalue weighted by Crippen LogP contribution is 2.28. The Labute approximate surface area is 108 Å². The molecule has 0 bridgehead atoms. The minimum Gasteiger partial charge on any atom is -0.494 e. The molecule has 0 aliphatic rings. The Morgan fingerprint density at radius 1 is 1.32 bits per heavy atom. The Morgan fingerprint density at radius 3 is 2.84 bits per heavy atom. The highest BCUT2D eigenvalue weighted by molar-refractivity contribution is 5.91. The number of nitrogens with zero attached hydrogens (tertiary/aromatic N) is 1. The molecule has 0 fully saturated rings. The van der Waals surface area contributed by atoms with Gasteiger partial charge in [-0.1, -0.05) is 12.1 Å². The number of aromatic amines is 1. The highest BCUT2D eigenvalue weighted by atomic mass is 16.5. The van der Waals surface area contributed by atoms with Gasteiger partial charge in [0, 0.05) is 5.56 Å². The molecule has 0 amide bonds. The number of benzene rings is 1. The summed E-state index contributed by atoms with van der Waals surface area (Å²) in [5, 5.41) is 0.464. The molecule has 2 aromatic heterocycles. The summed E-state index contributed by atoms with van der Waals surface area (Å²) in [4.78, 5) is 18.4. The smallest absolute Gasteiger partial charge is 0.262 e. The van der Waals surface area contributed by atoms with E-state index < -0.39 is 0 Å². The first kappa shape index (κ1) is 11.5. The predicted octanol–water partition coefficient (Wildman–Crippen LogP) is 2.58. The van der Waals surface area contributed by atoms with Gasteiger partial charge < -0.3 is 14.1 Å². The largest absolute Gasteiger partial charge is 0.494 e. The van der Waals surface area contributed by atoms with E-state index in [1.165, 1.54) is 6.33 Å². The molecule has 5 nitrogen and oxygen atoms in total. The molecule has 0 unspecified atom stereocenters. The van der Waals surface area contributed by atoms with Gasteiger partial charge in [-0.25, -0.2) is 4.98 Å². The van der Waals surface area contributed by atoms with Crippen LogP contribution in [0.5, 0.6) is 5.75 Å². The third-order valence-electron chi connectivity index (χ3n) is 2.85. The van der Waals surface area contributed by atoms with Crippen LogP contribution in [-0.4, -0.2) is 16.6 Å². The van der Waals surface area contributed by atoms with Gasteiger partial charge in [0.05, 0.1) is 12.9 Å². The summed E-state index contributed by atoms with van der Waals surface area (Å²) in [5.74, 6) is 0.797. The van der Waals surface area contributed by atoms with Crippen molar-refractivity contribution in [3.8, 4) is 16.9 Å². The van der Waals surface area contributed by atoms with Crippen molar-refractivity contribution in [1.82, 2.24) is 9.97 Å². The van der Waals surface area contributed by atoms with E-state index in [4.69, 9.17) is 9.15 Å². The molecule has 3 rings (SSSR count). The summed E-state index contributed by atoms with van der Waals surface area (Å²) in [5.41, 5.74) is 1.75. The Balaban J connectivity index is 2.11. The van der Waals surface area contributed by atoms with Gasteiger partial charge in [0.1, 0.15) is 17.4 Å². The van der Waals surface area contributed by atoms with Crippen molar-refractivity contribution in [3.05, 3.63) is 47.2 Å². The number of fused-ring (bicyclic) bond motifs is 1. The zero-order valence-corrected chi connectivity index (χ0v) is 10.3.